The molecule has 1 fully saturated rings. The molecule has 2 unspecified atom stereocenters. The van der Waals surface area contributed by atoms with E-state index in [4.69, 9.17) is 14.0 Å². The largest absolute Gasteiger partial charge is 0.445 e. The summed E-state index contributed by atoms with van der Waals surface area (Å²) in [5.41, 5.74) is 0.753. The zero-order valence-corrected chi connectivity index (χ0v) is 15.5. The number of alkyl halides is 1. The normalized spacial score (nSPS) is 23.5. The second-order valence-corrected chi connectivity index (χ2v) is 7.94. The van der Waals surface area contributed by atoms with Crippen LogP contribution in [0.15, 0.2) is 30.3 Å². The second-order valence-electron chi connectivity index (χ2n) is 4.95. The number of alkyl carbamates (subject to hydrolysis) is 1. The van der Waals surface area contributed by atoms with Crippen molar-refractivity contribution >= 4 is 44.9 Å². The molecule has 1 aromatic carbocycles. The molecule has 9 nitrogen and oxygen atoms in total. The molecule has 0 saturated carbocycles. The Balaban J connectivity index is 2.04. The van der Waals surface area contributed by atoms with Gasteiger partial charge in [-0.2, -0.15) is 8.42 Å². The molecule has 1 aromatic rings. The van der Waals surface area contributed by atoms with Crippen LogP contribution in [0.3, 0.4) is 0 Å². The van der Waals surface area contributed by atoms with Crippen molar-refractivity contribution in [1.29, 1.82) is 0 Å². The van der Waals surface area contributed by atoms with Gasteiger partial charge in [0.15, 0.2) is 3.55 Å². The highest BCUT2D eigenvalue weighted by molar-refractivity contribution is 14.1. The Morgan fingerprint density at radius 2 is 2.04 bits per heavy atom. The zero-order valence-electron chi connectivity index (χ0n) is 12.5. The number of ether oxygens (including phenoxy) is 2. The number of halogens is 1. The second kappa shape index (κ2) is 7.21. The molecule has 1 aliphatic rings. The lowest BCUT2D eigenvalue weighted by molar-refractivity contribution is -0.146. The van der Waals surface area contributed by atoms with E-state index in [1.807, 2.05) is 6.07 Å². The van der Waals surface area contributed by atoms with E-state index in [0.717, 1.165) is 5.56 Å². The van der Waals surface area contributed by atoms with Gasteiger partial charge in [-0.3, -0.25) is 14.7 Å². The zero-order chi connectivity index (χ0) is 18.0. The number of hydrogen-bond acceptors (Lipinski definition) is 6. The topological polar surface area (TPSA) is 122 Å². The van der Waals surface area contributed by atoms with Crippen LogP contribution in [0.25, 0.3) is 0 Å². The molecule has 2 rings (SSSR count). The lowest BCUT2D eigenvalue weighted by atomic mass is 10.00. The van der Waals surface area contributed by atoms with Gasteiger partial charge in [0.2, 0.25) is 0 Å². The van der Waals surface area contributed by atoms with Gasteiger partial charge in [0.25, 0.3) is 5.91 Å². The molecule has 0 bridgehead atoms. The molecule has 1 saturated heterocycles. The van der Waals surface area contributed by atoms with Crippen LogP contribution < -0.4 is 5.32 Å². The third kappa shape index (κ3) is 3.79. The van der Waals surface area contributed by atoms with Crippen molar-refractivity contribution in [3.8, 4) is 0 Å². The van der Waals surface area contributed by atoms with E-state index >= 15 is 0 Å². The maximum atomic E-state index is 12.1. The van der Waals surface area contributed by atoms with Crippen molar-refractivity contribution in [3.05, 3.63) is 35.9 Å². The van der Waals surface area contributed by atoms with Crippen molar-refractivity contribution in [2.24, 2.45) is 0 Å². The van der Waals surface area contributed by atoms with Gasteiger partial charge in [-0.15, -0.1) is 0 Å². The van der Waals surface area contributed by atoms with Crippen LogP contribution >= 0.6 is 22.6 Å². The lowest BCUT2D eigenvalue weighted by Crippen LogP contribution is -2.79. The van der Waals surface area contributed by atoms with Crippen LogP contribution in [0.5, 0.6) is 0 Å². The molecule has 1 aliphatic heterocycles. The minimum atomic E-state index is -4.74. The van der Waals surface area contributed by atoms with Crippen LogP contribution in [0.1, 0.15) is 5.56 Å². The van der Waals surface area contributed by atoms with E-state index in [2.05, 4.69) is 5.32 Å². The van der Waals surface area contributed by atoms with Crippen molar-refractivity contribution < 1.29 is 32.0 Å². The average molecular weight is 470 g/mol. The molecule has 2 N–H and O–H groups in total. The number of nitrogens with zero attached hydrogens (tertiary/aromatic N) is 1. The van der Waals surface area contributed by atoms with E-state index in [9.17, 15) is 18.0 Å². The molecular weight excluding hydrogens is 455 g/mol. The number of amides is 2. The number of methoxy groups -OCH3 is 1. The van der Waals surface area contributed by atoms with Crippen molar-refractivity contribution in [2.75, 3.05) is 13.7 Å². The van der Waals surface area contributed by atoms with E-state index in [1.54, 1.807) is 46.9 Å². The predicted molar refractivity (Wildman–Crippen MR) is 90.6 cm³/mol. The quantitative estimate of drug-likeness (QED) is 0.206. The van der Waals surface area contributed by atoms with Crippen molar-refractivity contribution in [3.63, 3.8) is 0 Å². The molecular formula is C13H15IN2O7S. The third-order valence-corrected chi connectivity index (χ3v) is 5.69. The van der Waals surface area contributed by atoms with Crippen LogP contribution in [-0.4, -0.2) is 52.6 Å². The van der Waals surface area contributed by atoms with Crippen molar-refractivity contribution in [2.45, 2.75) is 16.2 Å². The van der Waals surface area contributed by atoms with Crippen LogP contribution in [0, 0.1) is 0 Å². The maximum absolute atomic E-state index is 12.1. The molecule has 0 aromatic heterocycles. The number of carbonyl (C=O) groups is 2. The summed E-state index contributed by atoms with van der Waals surface area (Å²) in [7, 11) is -3.44. The first-order chi connectivity index (χ1) is 11.2. The fourth-order valence-electron chi connectivity index (χ4n) is 2.19. The van der Waals surface area contributed by atoms with Crippen LogP contribution in [0.4, 0.5) is 4.79 Å². The summed E-state index contributed by atoms with van der Waals surface area (Å²) in [6, 6.07) is 7.81. The number of hydrogen-bond donors (Lipinski definition) is 2. The maximum Gasteiger partial charge on any atom is 0.409 e. The summed E-state index contributed by atoms with van der Waals surface area (Å²) in [5.74, 6) is -0.982. The van der Waals surface area contributed by atoms with Gasteiger partial charge in [0.1, 0.15) is 12.6 Å². The molecule has 0 radical (unpaired) electrons. The Labute approximate surface area is 152 Å². The number of carbonyl (C=O) groups excluding carboxylic acids is 2. The van der Waals surface area contributed by atoms with Gasteiger partial charge in [-0.25, -0.2) is 9.10 Å². The molecule has 132 valence electrons. The molecule has 24 heavy (non-hydrogen) atoms. The summed E-state index contributed by atoms with van der Waals surface area (Å²) in [6.45, 7) is -0.210. The molecule has 0 aliphatic carbocycles. The summed E-state index contributed by atoms with van der Waals surface area (Å²) < 4.78 is 40.2. The first kappa shape index (κ1) is 18.9. The summed E-state index contributed by atoms with van der Waals surface area (Å²) in [4.78, 5) is 24.0. The number of β-lactam (4-membered cyclic amide) rings is 1. The molecule has 2 atom stereocenters. The highest BCUT2D eigenvalue weighted by Crippen LogP contribution is 2.39. The summed E-state index contributed by atoms with van der Waals surface area (Å²) in [5, 5.41) is 2.33. The first-order valence-electron chi connectivity index (χ1n) is 6.68. The van der Waals surface area contributed by atoms with E-state index in [1.165, 1.54) is 7.11 Å². The Hall–Kier alpha value is -1.44. The highest BCUT2D eigenvalue weighted by Gasteiger charge is 2.65. The molecule has 0 spiro atoms. The fraction of sp³-hybridized carbons (Fsp3) is 0.385. The number of rotatable bonds is 6. The monoisotopic (exact) mass is 470 g/mol. The van der Waals surface area contributed by atoms with Gasteiger partial charge in [0, 0.05) is 7.11 Å². The van der Waals surface area contributed by atoms with Gasteiger partial charge >= 0.3 is 16.4 Å². The Kier molecular flexibility index (Phi) is 5.67. The van der Waals surface area contributed by atoms with E-state index < -0.39 is 31.9 Å². The predicted octanol–water partition coefficient (Wildman–Crippen LogP) is 0.704. The Morgan fingerprint density at radius 1 is 1.42 bits per heavy atom. The van der Waals surface area contributed by atoms with E-state index in [0.29, 0.717) is 0 Å². The lowest BCUT2D eigenvalue weighted by Gasteiger charge is -2.49. The minimum Gasteiger partial charge on any atom is -0.445 e. The standard InChI is InChI=1S/C13H15IN2O7S/c1-22-8-10-13(14,11(17)16(10)24(19,20)21)15-12(18)23-7-9-5-3-2-4-6-9/h2-6,10H,7-8H2,1H3,(H,15,18)(H,19,20,21). The van der Waals surface area contributed by atoms with E-state index in [-0.39, 0.29) is 17.5 Å². The van der Waals surface area contributed by atoms with Crippen LogP contribution in [0.2, 0.25) is 0 Å². The Bertz CT molecular complexity index is 727. The smallest absolute Gasteiger partial charge is 0.409 e. The molecule has 11 heteroatoms. The van der Waals surface area contributed by atoms with Gasteiger partial charge in [0.05, 0.1) is 6.61 Å². The number of nitrogens with one attached hydrogen (secondary N) is 1. The SMILES string of the molecule is COCC1N(S(=O)(=O)O)C(=O)C1(I)NC(=O)OCc1ccccc1. The fourth-order valence-corrected chi connectivity index (χ4v) is 4.38. The Morgan fingerprint density at radius 3 is 2.58 bits per heavy atom. The number of benzene rings is 1. The van der Waals surface area contributed by atoms with Gasteiger partial charge in [-0.05, 0) is 28.2 Å². The van der Waals surface area contributed by atoms with Crippen molar-refractivity contribution in [1.82, 2.24) is 9.62 Å². The van der Waals surface area contributed by atoms with Gasteiger partial charge < -0.3 is 9.47 Å². The highest BCUT2D eigenvalue weighted by atomic mass is 127. The minimum absolute atomic E-state index is 0.00938. The van der Waals surface area contributed by atoms with Crippen LogP contribution in [-0.2, 0) is 31.2 Å². The molecule has 1 heterocycles. The average Bonchev–Trinajstić information content (AvgIpc) is 2.52. The summed E-state index contributed by atoms with van der Waals surface area (Å²) in [6.07, 6.45) is -0.891. The summed E-state index contributed by atoms with van der Waals surface area (Å²) >= 11 is 1.60. The molecule has 2 amide bonds. The van der Waals surface area contributed by atoms with Gasteiger partial charge in [-0.1, -0.05) is 30.3 Å². The third-order valence-electron chi connectivity index (χ3n) is 3.32. The first-order valence-corrected chi connectivity index (χ1v) is 9.15.